The van der Waals surface area contributed by atoms with Crippen molar-refractivity contribution < 1.29 is 9.53 Å². The Bertz CT molecular complexity index is 636. The van der Waals surface area contributed by atoms with Crippen LogP contribution in [0.1, 0.15) is 24.2 Å². The highest BCUT2D eigenvalue weighted by Crippen LogP contribution is 2.27. The maximum atomic E-state index is 12.4. The zero-order valence-corrected chi connectivity index (χ0v) is 13.3. The SMILES string of the molecule is CCN(CC)C(=O)c1cccc(Nc2ccccc2OC)c1. The molecular weight excluding hydrogens is 276 g/mol. The zero-order valence-electron chi connectivity index (χ0n) is 13.3. The third kappa shape index (κ3) is 3.58. The molecule has 2 aromatic carbocycles. The lowest BCUT2D eigenvalue weighted by Crippen LogP contribution is -2.30. The van der Waals surface area contributed by atoms with Gasteiger partial charge in [-0.2, -0.15) is 0 Å². The molecule has 0 saturated heterocycles. The Hall–Kier alpha value is -2.49. The van der Waals surface area contributed by atoms with E-state index in [1.54, 1.807) is 7.11 Å². The van der Waals surface area contributed by atoms with E-state index in [4.69, 9.17) is 4.74 Å². The molecule has 0 unspecified atom stereocenters. The first-order valence-corrected chi connectivity index (χ1v) is 7.49. The maximum absolute atomic E-state index is 12.4. The lowest BCUT2D eigenvalue weighted by atomic mass is 10.1. The number of nitrogens with zero attached hydrogens (tertiary/aromatic N) is 1. The molecule has 116 valence electrons. The van der Waals surface area contributed by atoms with Gasteiger partial charge >= 0.3 is 0 Å². The summed E-state index contributed by atoms with van der Waals surface area (Å²) in [5, 5.41) is 3.30. The monoisotopic (exact) mass is 298 g/mol. The van der Waals surface area contributed by atoms with Crippen LogP contribution in [0.25, 0.3) is 0 Å². The molecule has 0 spiro atoms. The van der Waals surface area contributed by atoms with Crippen LogP contribution in [0.4, 0.5) is 11.4 Å². The first-order chi connectivity index (χ1) is 10.7. The van der Waals surface area contributed by atoms with Gasteiger partial charge < -0.3 is 15.0 Å². The Morgan fingerprint density at radius 1 is 1.09 bits per heavy atom. The molecular formula is C18H22N2O2. The molecule has 0 fully saturated rings. The predicted molar refractivity (Wildman–Crippen MR) is 90.0 cm³/mol. The minimum absolute atomic E-state index is 0.0497. The molecule has 0 bridgehead atoms. The molecule has 22 heavy (non-hydrogen) atoms. The highest BCUT2D eigenvalue weighted by Gasteiger charge is 2.12. The van der Waals surface area contributed by atoms with Gasteiger partial charge in [0.05, 0.1) is 12.8 Å². The molecule has 2 aromatic rings. The highest BCUT2D eigenvalue weighted by molar-refractivity contribution is 5.95. The van der Waals surface area contributed by atoms with Crippen molar-refractivity contribution in [1.29, 1.82) is 0 Å². The Balaban J connectivity index is 2.23. The number of ether oxygens (including phenoxy) is 1. The first-order valence-electron chi connectivity index (χ1n) is 7.49. The van der Waals surface area contributed by atoms with Gasteiger partial charge in [-0.1, -0.05) is 18.2 Å². The number of rotatable bonds is 6. The van der Waals surface area contributed by atoms with Gasteiger partial charge in [0.25, 0.3) is 5.91 Å². The van der Waals surface area contributed by atoms with Crippen LogP contribution in [0.15, 0.2) is 48.5 Å². The summed E-state index contributed by atoms with van der Waals surface area (Å²) in [6, 6.07) is 15.2. The molecule has 0 atom stereocenters. The minimum atomic E-state index is 0.0497. The van der Waals surface area contributed by atoms with Crippen LogP contribution in [0, 0.1) is 0 Å². The van der Waals surface area contributed by atoms with Crippen molar-refractivity contribution in [1.82, 2.24) is 4.90 Å². The lowest BCUT2D eigenvalue weighted by Gasteiger charge is -2.19. The summed E-state index contributed by atoms with van der Waals surface area (Å²) in [4.78, 5) is 14.2. The number of carbonyl (C=O) groups is 1. The first kappa shape index (κ1) is 15.9. The molecule has 4 nitrogen and oxygen atoms in total. The number of carbonyl (C=O) groups excluding carboxylic acids is 1. The summed E-state index contributed by atoms with van der Waals surface area (Å²) in [5.41, 5.74) is 2.42. The van der Waals surface area contributed by atoms with Gasteiger partial charge in [-0.3, -0.25) is 4.79 Å². The van der Waals surface area contributed by atoms with E-state index in [0.29, 0.717) is 18.7 Å². The normalized spacial score (nSPS) is 10.1. The van der Waals surface area contributed by atoms with Crippen molar-refractivity contribution >= 4 is 17.3 Å². The summed E-state index contributed by atoms with van der Waals surface area (Å²) >= 11 is 0. The van der Waals surface area contributed by atoms with E-state index in [-0.39, 0.29) is 5.91 Å². The number of benzene rings is 2. The number of para-hydroxylation sites is 2. The van der Waals surface area contributed by atoms with Gasteiger partial charge in [0.1, 0.15) is 5.75 Å². The Labute approximate surface area is 131 Å². The van der Waals surface area contributed by atoms with E-state index in [1.165, 1.54) is 0 Å². The van der Waals surface area contributed by atoms with Crippen molar-refractivity contribution in [3.63, 3.8) is 0 Å². The molecule has 0 aromatic heterocycles. The number of anilines is 2. The molecule has 0 saturated carbocycles. The van der Waals surface area contributed by atoms with E-state index in [1.807, 2.05) is 67.3 Å². The van der Waals surface area contributed by atoms with Crippen LogP contribution in [-0.2, 0) is 0 Å². The fraction of sp³-hybridized carbons (Fsp3) is 0.278. The van der Waals surface area contributed by atoms with Crippen molar-refractivity contribution in [3.05, 3.63) is 54.1 Å². The van der Waals surface area contributed by atoms with E-state index < -0.39 is 0 Å². The smallest absolute Gasteiger partial charge is 0.253 e. The average Bonchev–Trinajstić information content (AvgIpc) is 2.56. The van der Waals surface area contributed by atoms with Crippen molar-refractivity contribution in [3.8, 4) is 5.75 Å². The number of methoxy groups -OCH3 is 1. The van der Waals surface area contributed by atoms with E-state index in [2.05, 4.69) is 5.32 Å². The molecule has 0 aliphatic carbocycles. The summed E-state index contributed by atoms with van der Waals surface area (Å²) in [7, 11) is 1.64. The van der Waals surface area contributed by atoms with E-state index in [9.17, 15) is 4.79 Å². The van der Waals surface area contributed by atoms with Gasteiger partial charge in [-0.25, -0.2) is 0 Å². The van der Waals surface area contributed by atoms with Crippen LogP contribution in [-0.4, -0.2) is 31.0 Å². The Kier molecular flexibility index (Phi) is 5.42. The second-order valence-corrected chi connectivity index (χ2v) is 4.88. The molecule has 0 heterocycles. The maximum Gasteiger partial charge on any atom is 0.253 e. The van der Waals surface area contributed by atoms with Crippen LogP contribution < -0.4 is 10.1 Å². The van der Waals surface area contributed by atoms with Gasteiger partial charge in [-0.15, -0.1) is 0 Å². The molecule has 0 aliphatic rings. The minimum Gasteiger partial charge on any atom is -0.495 e. The lowest BCUT2D eigenvalue weighted by molar-refractivity contribution is 0.0773. The standard InChI is InChI=1S/C18H22N2O2/c1-4-20(5-2)18(21)14-9-8-10-15(13-14)19-16-11-6-7-12-17(16)22-3/h6-13,19H,4-5H2,1-3H3. The average molecular weight is 298 g/mol. The molecule has 4 heteroatoms. The third-order valence-electron chi connectivity index (χ3n) is 3.55. The molecule has 1 amide bonds. The Morgan fingerprint density at radius 2 is 1.82 bits per heavy atom. The number of amides is 1. The summed E-state index contributed by atoms with van der Waals surface area (Å²) in [5.74, 6) is 0.816. The summed E-state index contributed by atoms with van der Waals surface area (Å²) in [6.45, 7) is 5.38. The number of nitrogens with one attached hydrogen (secondary N) is 1. The predicted octanol–water partition coefficient (Wildman–Crippen LogP) is 3.92. The summed E-state index contributed by atoms with van der Waals surface area (Å²) < 4.78 is 5.33. The van der Waals surface area contributed by atoms with Gasteiger partial charge in [0.15, 0.2) is 0 Å². The van der Waals surface area contributed by atoms with Crippen molar-refractivity contribution in [2.24, 2.45) is 0 Å². The van der Waals surface area contributed by atoms with Crippen molar-refractivity contribution in [2.45, 2.75) is 13.8 Å². The number of hydrogen-bond donors (Lipinski definition) is 1. The molecule has 0 aliphatic heterocycles. The fourth-order valence-corrected chi connectivity index (χ4v) is 2.33. The van der Waals surface area contributed by atoms with E-state index in [0.717, 1.165) is 17.1 Å². The van der Waals surface area contributed by atoms with E-state index >= 15 is 0 Å². The zero-order chi connectivity index (χ0) is 15.9. The second-order valence-electron chi connectivity index (χ2n) is 4.88. The highest BCUT2D eigenvalue weighted by atomic mass is 16.5. The Morgan fingerprint density at radius 3 is 2.50 bits per heavy atom. The largest absolute Gasteiger partial charge is 0.495 e. The van der Waals surface area contributed by atoms with Crippen LogP contribution in [0.3, 0.4) is 0 Å². The fourth-order valence-electron chi connectivity index (χ4n) is 2.33. The van der Waals surface area contributed by atoms with Gasteiger partial charge in [0.2, 0.25) is 0 Å². The van der Waals surface area contributed by atoms with Gasteiger partial charge in [-0.05, 0) is 44.2 Å². The third-order valence-corrected chi connectivity index (χ3v) is 3.55. The van der Waals surface area contributed by atoms with Crippen LogP contribution >= 0.6 is 0 Å². The molecule has 2 rings (SSSR count). The topological polar surface area (TPSA) is 41.6 Å². The molecule has 0 radical (unpaired) electrons. The van der Waals surface area contributed by atoms with Crippen LogP contribution in [0.5, 0.6) is 5.75 Å². The van der Waals surface area contributed by atoms with Crippen molar-refractivity contribution in [2.75, 3.05) is 25.5 Å². The number of hydrogen-bond acceptors (Lipinski definition) is 3. The molecule has 1 N–H and O–H groups in total. The quantitative estimate of drug-likeness (QED) is 0.879. The summed E-state index contributed by atoms with van der Waals surface area (Å²) in [6.07, 6.45) is 0. The second kappa shape index (κ2) is 7.50. The van der Waals surface area contributed by atoms with Gasteiger partial charge in [0, 0.05) is 24.3 Å². The van der Waals surface area contributed by atoms with Crippen LogP contribution in [0.2, 0.25) is 0 Å².